The van der Waals surface area contributed by atoms with Crippen LogP contribution < -0.4 is 21.7 Å². The number of carbonyl (C=O) groups excluding carboxylic acids is 2. The fourth-order valence-corrected chi connectivity index (χ4v) is 6.50. The number of nitrogens with two attached hydrogens (primary N) is 1. The Balaban J connectivity index is 1.10. The van der Waals surface area contributed by atoms with Crippen molar-refractivity contribution in [1.82, 2.24) is 24.4 Å². The number of anilines is 3. The lowest BCUT2D eigenvalue weighted by molar-refractivity contribution is 0.0526. The fraction of sp³-hybridized carbons (Fsp3) is 0.581. The molecule has 12 heteroatoms. The van der Waals surface area contributed by atoms with Crippen LogP contribution in [-0.2, 0) is 4.74 Å². The molecule has 2 amide bonds. The first kappa shape index (κ1) is 29.2. The highest BCUT2D eigenvalue weighted by molar-refractivity contribution is 5.92. The van der Waals surface area contributed by atoms with E-state index in [1.165, 1.54) is 12.8 Å². The van der Waals surface area contributed by atoms with Crippen molar-refractivity contribution in [3.8, 4) is 0 Å². The van der Waals surface area contributed by atoms with Crippen molar-refractivity contribution in [2.45, 2.75) is 95.3 Å². The summed E-state index contributed by atoms with van der Waals surface area (Å²) in [7, 11) is 0. The lowest BCUT2D eigenvalue weighted by Crippen LogP contribution is -2.44. The number of likely N-dealkylation sites (tertiary alicyclic amines) is 1. The number of aromatic nitrogens is 4. The molecule has 1 aromatic carbocycles. The number of carbonyl (C=O) groups is 2. The van der Waals surface area contributed by atoms with Crippen LogP contribution in [0.15, 0.2) is 30.6 Å². The van der Waals surface area contributed by atoms with Crippen molar-refractivity contribution in [1.29, 1.82) is 0 Å². The van der Waals surface area contributed by atoms with Crippen molar-refractivity contribution in [2.75, 3.05) is 35.6 Å². The Morgan fingerprint density at radius 1 is 0.930 bits per heavy atom. The minimum absolute atomic E-state index is 0.152. The zero-order chi connectivity index (χ0) is 29.8. The number of hydrogen-bond acceptors (Lipinski definition) is 9. The van der Waals surface area contributed by atoms with Gasteiger partial charge in [0.25, 0.3) is 0 Å². The van der Waals surface area contributed by atoms with Crippen molar-refractivity contribution < 1.29 is 14.3 Å². The number of esters is 1. The average Bonchev–Trinajstić information content (AvgIpc) is 3.70. The van der Waals surface area contributed by atoms with Gasteiger partial charge in [-0.25, -0.2) is 14.6 Å². The molecule has 5 N–H and O–H groups in total. The Labute approximate surface area is 252 Å². The molecule has 2 saturated carbocycles. The van der Waals surface area contributed by atoms with Crippen molar-refractivity contribution in [3.63, 3.8) is 0 Å². The number of fused-ring (bicyclic) bond motifs is 1. The first-order valence-electron chi connectivity index (χ1n) is 15.8. The maximum atomic E-state index is 13.0. The Bertz CT molecular complexity index is 1400. The number of piperidine rings is 1. The molecule has 230 valence electrons. The summed E-state index contributed by atoms with van der Waals surface area (Å²) in [6, 6.07) is 7.79. The third-order valence-corrected chi connectivity index (χ3v) is 9.01. The third-order valence-electron chi connectivity index (χ3n) is 9.01. The number of ether oxygens (including phenoxy) is 1. The molecule has 0 radical (unpaired) electrons. The Morgan fingerprint density at radius 3 is 2.33 bits per heavy atom. The predicted molar refractivity (Wildman–Crippen MR) is 166 cm³/mol. The maximum absolute atomic E-state index is 13.0. The van der Waals surface area contributed by atoms with E-state index in [4.69, 9.17) is 25.4 Å². The Kier molecular flexibility index (Phi) is 8.92. The molecule has 3 aromatic rings. The van der Waals surface area contributed by atoms with Crippen LogP contribution in [0.25, 0.3) is 11.2 Å². The lowest BCUT2D eigenvalue weighted by atomic mass is 9.92. The highest BCUT2D eigenvalue weighted by atomic mass is 16.5. The smallest absolute Gasteiger partial charge is 0.338 e. The van der Waals surface area contributed by atoms with Gasteiger partial charge in [-0.15, -0.1) is 0 Å². The highest BCUT2D eigenvalue weighted by Crippen LogP contribution is 2.34. The summed E-state index contributed by atoms with van der Waals surface area (Å²) in [5, 5.41) is 10.2. The van der Waals surface area contributed by atoms with Gasteiger partial charge in [0.1, 0.15) is 0 Å². The number of imidazole rings is 1. The van der Waals surface area contributed by atoms with Crippen LogP contribution in [0.1, 0.15) is 87.5 Å². The number of nitrogens with one attached hydrogen (secondary N) is 3. The second-order valence-corrected chi connectivity index (χ2v) is 12.0. The minimum atomic E-state index is -0.372. The van der Waals surface area contributed by atoms with E-state index in [2.05, 4.69) is 20.5 Å². The molecule has 3 heterocycles. The quantitative estimate of drug-likeness (QED) is 0.269. The molecule has 0 atom stereocenters. The molecule has 1 aliphatic heterocycles. The second-order valence-electron chi connectivity index (χ2n) is 12.0. The monoisotopic (exact) mass is 589 g/mol. The number of urea groups is 1. The molecule has 3 fully saturated rings. The van der Waals surface area contributed by atoms with Gasteiger partial charge in [0.15, 0.2) is 17.0 Å². The zero-order valence-electron chi connectivity index (χ0n) is 24.9. The molecule has 0 unspecified atom stereocenters. The van der Waals surface area contributed by atoms with Crippen LogP contribution in [0.4, 0.5) is 22.2 Å². The predicted octanol–water partition coefficient (Wildman–Crippen LogP) is 4.91. The van der Waals surface area contributed by atoms with Gasteiger partial charge in [-0.1, -0.05) is 12.8 Å². The van der Waals surface area contributed by atoms with Crippen LogP contribution in [-0.4, -0.2) is 74.2 Å². The SMILES string of the molecule is CCOC(=O)c1ccc(NC(=O)N2CCC(Nc3nc(N[C@H]4CC[C@H](N)CC4)nc4c3ncn4C3CCCC3)CC2)cc1. The molecule has 0 spiro atoms. The minimum Gasteiger partial charge on any atom is -0.462 e. The van der Waals surface area contributed by atoms with Gasteiger partial charge in [0, 0.05) is 42.9 Å². The van der Waals surface area contributed by atoms with Crippen LogP contribution in [0.3, 0.4) is 0 Å². The van der Waals surface area contributed by atoms with Crippen LogP contribution >= 0.6 is 0 Å². The Morgan fingerprint density at radius 2 is 1.63 bits per heavy atom. The number of amides is 2. The lowest BCUT2D eigenvalue weighted by Gasteiger charge is -2.32. The summed E-state index contributed by atoms with van der Waals surface area (Å²) in [5.74, 6) is 1.02. The van der Waals surface area contributed by atoms with E-state index < -0.39 is 0 Å². The van der Waals surface area contributed by atoms with Gasteiger partial charge in [-0.2, -0.15) is 9.97 Å². The summed E-state index contributed by atoms with van der Waals surface area (Å²) < 4.78 is 7.27. The van der Waals surface area contributed by atoms with Crippen LogP contribution in [0, 0.1) is 0 Å². The van der Waals surface area contributed by atoms with Gasteiger partial charge in [-0.3, -0.25) is 0 Å². The second kappa shape index (κ2) is 13.2. The molecular formula is C31H43N9O3. The van der Waals surface area contributed by atoms with Gasteiger partial charge < -0.3 is 35.9 Å². The van der Waals surface area contributed by atoms with E-state index >= 15 is 0 Å². The normalized spacial score (nSPS) is 21.6. The van der Waals surface area contributed by atoms with E-state index in [-0.39, 0.29) is 24.1 Å². The van der Waals surface area contributed by atoms with E-state index in [0.29, 0.717) is 49.0 Å². The standard InChI is InChI=1S/C31H43N9O3/c1-2-43-29(41)20-7-11-23(12-8-20)36-31(42)39-17-15-24(16-18-39)34-27-26-28(40(19-33-26)25-5-3-4-6-25)38-30(37-27)35-22-13-9-21(32)10-14-22/h7-8,11-12,19,21-22,24-25H,2-6,9-10,13-18,32H2,1H3,(H,36,42)(H2,34,35,37,38)/t21-,22-. The Hall–Kier alpha value is -3.93. The molecule has 2 aliphatic carbocycles. The molecule has 6 rings (SSSR count). The van der Waals surface area contributed by atoms with E-state index in [1.807, 2.05) is 11.2 Å². The topological polar surface area (TPSA) is 152 Å². The summed E-state index contributed by atoms with van der Waals surface area (Å²) in [5.41, 5.74) is 8.91. The first-order chi connectivity index (χ1) is 21.0. The van der Waals surface area contributed by atoms with Gasteiger partial charge >= 0.3 is 12.0 Å². The molecule has 2 aromatic heterocycles. The molecule has 1 saturated heterocycles. The van der Waals surface area contributed by atoms with Crippen LogP contribution in [0.5, 0.6) is 0 Å². The van der Waals surface area contributed by atoms with E-state index in [9.17, 15) is 9.59 Å². The third kappa shape index (κ3) is 6.84. The van der Waals surface area contributed by atoms with Crippen molar-refractivity contribution in [3.05, 3.63) is 36.2 Å². The molecular weight excluding hydrogens is 546 g/mol. The largest absolute Gasteiger partial charge is 0.462 e. The number of benzene rings is 1. The van der Waals surface area contributed by atoms with Crippen molar-refractivity contribution in [2.24, 2.45) is 5.73 Å². The molecule has 3 aliphatic rings. The van der Waals surface area contributed by atoms with Gasteiger partial charge in [0.05, 0.1) is 18.5 Å². The van der Waals surface area contributed by atoms with E-state index in [0.717, 1.165) is 68.3 Å². The molecule has 43 heavy (non-hydrogen) atoms. The molecule has 12 nitrogen and oxygen atoms in total. The number of hydrogen-bond donors (Lipinski definition) is 4. The highest BCUT2D eigenvalue weighted by Gasteiger charge is 2.27. The first-order valence-corrected chi connectivity index (χ1v) is 15.8. The van der Waals surface area contributed by atoms with Crippen molar-refractivity contribution >= 4 is 40.6 Å². The number of nitrogens with zero attached hydrogens (tertiary/aromatic N) is 5. The van der Waals surface area contributed by atoms with Gasteiger partial charge in [0.2, 0.25) is 5.95 Å². The van der Waals surface area contributed by atoms with Gasteiger partial charge in [-0.05, 0) is 82.6 Å². The average molecular weight is 590 g/mol. The van der Waals surface area contributed by atoms with E-state index in [1.54, 1.807) is 31.2 Å². The maximum Gasteiger partial charge on any atom is 0.338 e. The summed E-state index contributed by atoms with van der Waals surface area (Å²) in [4.78, 5) is 41.3. The zero-order valence-corrected chi connectivity index (χ0v) is 24.9. The number of rotatable bonds is 8. The fourth-order valence-electron chi connectivity index (χ4n) is 6.50. The molecule has 0 bridgehead atoms. The summed E-state index contributed by atoms with van der Waals surface area (Å²) in [6.45, 7) is 3.32. The summed E-state index contributed by atoms with van der Waals surface area (Å²) in [6.07, 6.45) is 12.3. The van der Waals surface area contributed by atoms with Crippen LogP contribution in [0.2, 0.25) is 0 Å². The summed E-state index contributed by atoms with van der Waals surface area (Å²) >= 11 is 0.